The van der Waals surface area contributed by atoms with Gasteiger partial charge in [0.05, 0.1) is 0 Å². The zero-order valence-corrected chi connectivity index (χ0v) is 10.9. The third kappa shape index (κ3) is 3.95. The van der Waals surface area contributed by atoms with E-state index in [0.29, 0.717) is 6.04 Å². The molecule has 2 rings (SSSR count). The summed E-state index contributed by atoms with van der Waals surface area (Å²) in [5, 5.41) is 7.78. The van der Waals surface area contributed by atoms with Crippen molar-refractivity contribution in [3.8, 4) is 0 Å². The predicted octanol–water partition coefficient (Wildman–Crippen LogP) is 2.91. The van der Waals surface area contributed by atoms with Crippen LogP contribution >= 0.6 is 11.3 Å². The molecule has 90 valence electrons. The lowest BCUT2D eigenvalue weighted by atomic mass is 10.0. The molecule has 0 fully saturated rings. The molecule has 1 N–H and O–H groups in total. The van der Waals surface area contributed by atoms with Gasteiger partial charge in [-0.15, -0.1) is 0 Å². The highest BCUT2D eigenvalue weighted by atomic mass is 32.1. The molecular weight excluding hydrogens is 228 g/mol. The van der Waals surface area contributed by atoms with Crippen LogP contribution in [0.1, 0.15) is 17.5 Å². The smallest absolute Gasteiger partial charge is 0.0270 e. The molecule has 0 bridgehead atoms. The average molecular weight is 246 g/mol. The number of hydrogen-bond donors (Lipinski definition) is 1. The van der Waals surface area contributed by atoms with Gasteiger partial charge in [-0.2, -0.15) is 11.3 Å². The SMILES string of the molecule is CNC(CCc1ccsc1)Cc1ccncc1. The molecule has 0 saturated carbocycles. The first-order valence-corrected chi connectivity index (χ1v) is 6.90. The minimum absolute atomic E-state index is 0.539. The van der Waals surface area contributed by atoms with Crippen molar-refractivity contribution in [1.29, 1.82) is 0 Å². The third-order valence-corrected chi connectivity index (χ3v) is 3.73. The van der Waals surface area contributed by atoms with Crippen molar-refractivity contribution < 1.29 is 0 Å². The maximum Gasteiger partial charge on any atom is 0.0270 e. The Kier molecular flexibility index (Phi) is 4.71. The molecule has 0 aromatic carbocycles. The van der Waals surface area contributed by atoms with Crippen LogP contribution in [0.5, 0.6) is 0 Å². The Labute approximate surface area is 107 Å². The fourth-order valence-electron chi connectivity index (χ4n) is 1.93. The van der Waals surface area contributed by atoms with E-state index in [0.717, 1.165) is 12.8 Å². The number of nitrogens with zero attached hydrogens (tertiary/aromatic N) is 1. The summed E-state index contributed by atoms with van der Waals surface area (Å²) in [4.78, 5) is 4.05. The molecule has 0 aliphatic heterocycles. The van der Waals surface area contributed by atoms with E-state index in [4.69, 9.17) is 0 Å². The number of aromatic nitrogens is 1. The van der Waals surface area contributed by atoms with Gasteiger partial charge in [-0.25, -0.2) is 0 Å². The number of rotatable bonds is 6. The fraction of sp³-hybridized carbons (Fsp3) is 0.357. The van der Waals surface area contributed by atoms with Gasteiger partial charge in [0.25, 0.3) is 0 Å². The topological polar surface area (TPSA) is 24.9 Å². The molecule has 2 aromatic rings. The molecule has 3 heteroatoms. The first kappa shape index (κ1) is 12.3. The van der Waals surface area contributed by atoms with Crippen LogP contribution < -0.4 is 5.32 Å². The highest BCUT2D eigenvalue weighted by Crippen LogP contribution is 2.12. The zero-order chi connectivity index (χ0) is 11.9. The number of nitrogens with one attached hydrogen (secondary N) is 1. The van der Waals surface area contributed by atoms with Gasteiger partial charge >= 0.3 is 0 Å². The molecule has 0 saturated heterocycles. The van der Waals surface area contributed by atoms with Crippen LogP contribution in [0.4, 0.5) is 0 Å². The first-order valence-electron chi connectivity index (χ1n) is 5.95. The van der Waals surface area contributed by atoms with Crippen LogP contribution in [0.25, 0.3) is 0 Å². The molecule has 0 aliphatic carbocycles. The molecular formula is C14H18N2S. The lowest BCUT2D eigenvalue weighted by Crippen LogP contribution is -2.28. The molecule has 0 aliphatic rings. The lowest BCUT2D eigenvalue weighted by Gasteiger charge is -2.15. The van der Waals surface area contributed by atoms with Gasteiger partial charge in [0.15, 0.2) is 0 Å². The van der Waals surface area contributed by atoms with Gasteiger partial charge < -0.3 is 5.32 Å². The number of likely N-dealkylation sites (N-methyl/N-ethyl adjacent to an activating group) is 1. The van der Waals surface area contributed by atoms with Crippen molar-refractivity contribution in [2.24, 2.45) is 0 Å². The summed E-state index contributed by atoms with van der Waals surface area (Å²) in [6, 6.07) is 6.94. The molecule has 2 aromatic heterocycles. The molecule has 1 atom stereocenters. The monoisotopic (exact) mass is 246 g/mol. The lowest BCUT2D eigenvalue weighted by molar-refractivity contribution is 0.520. The Hall–Kier alpha value is -1.19. The van der Waals surface area contributed by atoms with E-state index >= 15 is 0 Å². The highest BCUT2D eigenvalue weighted by Gasteiger charge is 2.07. The Bertz CT molecular complexity index is 411. The van der Waals surface area contributed by atoms with Crippen molar-refractivity contribution >= 4 is 11.3 Å². The van der Waals surface area contributed by atoms with Gasteiger partial charge in [0.1, 0.15) is 0 Å². The van der Waals surface area contributed by atoms with Crippen molar-refractivity contribution in [2.75, 3.05) is 7.05 Å². The Morgan fingerprint density at radius 3 is 2.71 bits per heavy atom. The second-order valence-electron chi connectivity index (χ2n) is 4.22. The molecule has 2 nitrogen and oxygen atoms in total. The molecule has 0 radical (unpaired) electrons. The van der Waals surface area contributed by atoms with Gasteiger partial charge in [0, 0.05) is 18.4 Å². The standard InChI is InChI=1S/C14H18N2S/c1-15-14(3-2-13-6-9-17-11-13)10-12-4-7-16-8-5-12/h4-9,11,14-15H,2-3,10H2,1H3. The quantitative estimate of drug-likeness (QED) is 0.847. The normalized spacial score (nSPS) is 12.5. The van der Waals surface area contributed by atoms with Gasteiger partial charge in [-0.1, -0.05) is 0 Å². The largest absolute Gasteiger partial charge is 0.317 e. The van der Waals surface area contributed by atoms with Crippen molar-refractivity contribution in [3.63, 3.8) is 0 Å². The van der Waals surface area contributed by atoms with Gasteiger partial charge in [-0.05, 0) is 66.4 Å². The maximum absolute atomic E-state index is 4.05. The minimum Gasteiger partial charge on any atom is -0.317 e. The number of aryl methyl sites for hydroxylation is 1. The zero-order valence-electron chi connectivity index (χ0n) is 10.1. The van der Waals surface area contributed by atoms with Crippen LogP contribution in [0.3, 0.4) is 0 Å². The molecule has 2 heterocycles. The van der Waals surface area contributed by atoms with Gasteiger partial charge in [-0.3, -0.25) is 4.98 Å². The van der Waals surface area contributed by atoms with E-state index < -0.39 is 0 Å². The Balaban J connectivity index is 1.85. The Morgan fingerprint density at radius 2 is 2.06 bits per heavy atom. The van der Waals surface area contributed by atoms with E-state index in [1.54, 1.807) is 11.3 Å². The summed E-state index contributed by atoms with van der Waals surface area (Å²) in [6.07, 6.45) is 7.13. The van der Waals surface area contributed by atoms with Gasteiger partial charge in [0.2, 0.25) is 0 Å². The summed E-state index contributed by atoms with van der Waals surface area (Å²) in [5.41, 5.74) is 2.80. The Morgan fingerprint density at radius 1 is 1.24 bits per heavy atom. The van der Waals surface area contributed by atoms with Crippen LogP contribution in [0.15, 0.2) is 41.4 Å². The van der Waals surface area contributed by atoms with Crippen molar-refractivity contribution in [3.05, 3.63) is 52.5 Å². The van der Waals surface area contributed by atoms with E-state index in [9.17, 15) is 0 Å². The molecule has 1 unspecified atom stereocenters. The number of pyridine rings is 1. The third-order valence-electron chi connectivity index (χ3n) is 3.00. The minimum atomic E-state index is 0.539. The van der Waals surface area contributed by atoms with Crippen molar-refractivity contribution in [1.82, 2.24) is 10.3 Å². The summed E-state index contributed by atoms with van der Waals surface area (Å²) >= 11 is 1.77. The molecule has 0 amide bonds. The second-order valence-corrected chi connectivity index (χ2v) is 5.00. The van der Waals surface area contributed by atoms with Crippen LogP contribution in [-0.2, 0) is 12.8 Å². The summed E-state index contributed by atoms with van der Waals surface area (Å²) in [7, 11) is 2.04. The van der Waals surface area contributed by atoms with Crippen LogP contribution in [0, 0.1) is 0 Å². The van der Waals surface area contributed by atoms with Crippen molar-refractivity contribution in [2.45, 2.75) is 25.3 Å². The predicted molar refractivity (Wildman–Crippen MR) is 73.4 cm³/mol. The number of thiophene rings is 1. The summed E-state index contributed by atoms with van der Waals surface area (Å²) < 4.78 is 0. The van der Waals surface area contributed by atoms with E-state index in [1.807, 2.05) is 19.4 Å². The fourth-order valence-corrected chi connectivity index (χ4v) is 2.63. The number of hydrogen-bond acceptors (Lipinski definition) is 3. The second kappa shape index (κ2) is 6.52. The highest BCUT2D eigenvalue weighted by molar-refractivity contribution is 7.07. The van der Waals surface area contributed by atoms with E-state index in [-0.39, 0.29) is 0 Å². The van der Waals surface area contributed by atoms with E-state index in [1.165, 1.54) is 17.5 Å². The maximum atomic E-state index is 4.05. The summed E-state index contributed by atoms with van der Waals surface area (Å²) in [5.74, 6) is 0. The molecule has 0 spiro atoms. The first-order chi connectivity index (χ1) is 8.38. The van der Waals surface area contributed by atoms with E-state index in [2.05, 4.69) is 39.3 Å². The van der Waals surface area contributed by atoms with Crippen LogP contribution in [-0.4, -0.2) is 18.1 Å². The summed E-state index contributed by atoms with van der Waals surface area (Å²) in [6.45, 7) is 0. The molecule has 17 heavy (non-hydrogen) atoms. The average Bonchev–Trinajstić information content (AvgIpc) is 2.89. The van der Waals surface area contributed by atoms with Crippen LogP contribution in [0.2, 0.25) is 0 Å².